The van der Waals surface area contributed by atoms with Crippen molar-refractivity contribution in [1.82, 2.24) is 4.90 Å². The first kappa shape index (κ1) is 12.6. The number of rotatable bonds is 2. The molecule has 0 radical (unpaired) electrons. The number of imide groups is 1. The van der Waals surface area contributed by atoms with Crippen LogP contribution in [0.3, 0.4) is 0 Å². The van der Waals surface area contributed by atoms with E-state index in [1.807, 2.05) is 19.1 Å². The van der Waals surface area contributed by atoms with Gasteiger partial charge in [-0.3, -0.25) is 14.5 Å². The Bertz CT molecular complexity index is 759. The van der Waals surface area contributed by atoms with Crippen LogP contribution in [0.1, 0.15) is 24.0 Å². The summed E-state index contributed by atoms with van der Waals surface area (Å²) >= 11 is 0. The monoisotopic (exact) mass is 271 g/mol. The Hall–Kier alpha value is -2.43. The fourth-order valence-corrected chi connectivity index (χ4v) is 2.44. The lowest BCUT2D eigenvalue weighted by atomic mass is 10.1. The molecular formula is C15H13NO4. The smallest absolute Gasteiger partial charge is 0.336 e. The summed E-state index contributed by atoms with van der Waals surface area (Å²) in [5, 5.41) is 0.753. The van der Waals surface area contributed by atoms with Crippen molar-refractivity contribution in [2.45, 2.75) is 26.3 Å². The number of nitrogens with zero attached hydrogens (tertiary/aromatic N) is 1. The Balaban J connectivity index is 2.09. The van der Waals surface area contributed by atoms with Gasteiger partial charge in [-0.05, 0) is 24.1 Å². The van der Waals surface area contributed by atoms with Crippen LogP contribution in [0.25, 0.3) is 11.0 Å². The first-order valence-corrected chi connectivity index (χ1v) is 6.41. The van der Waals surface area contributed by atoms with Crippen LogP contribution >= 0.6 is 0 Å². The SMILES string of the molecule is Cc1ccc2c(CN3C(=O)CCC3=O)cc(=O)oc2c1. The lowest BCUT2D eigenvalue weighted by molar-refractivity contribution is -0.139. The summed E-state index contributed by atoms with van der Waals surface area (Å²) in [6.45, 7) is 2.03. The topological polar surface area (TPSA) is 67.6 Å². The number of carbonyl (C=O) groups is 2. The van der Waals surface area contributed by atoms with E-state index in [1.54, 1.807) is 6.07 Å². The quantitative estimate of drug-likeness (QED) is 0.616. The third-order valence-electron chi connectivity index (χ3n) is 3.47. The zero-order valence-corrected chi connectivity index (χ0v) is 11.0. The standard InChI is InChI=1S/C15H13NO4/c1-9-2-3-11-10(7-15(19)20-12(11)6-9)8-16-13(17)4-5-14(16)18/h2-3,6-7H,4-5,8H2,1H3. The average Bonchev–Trinajstić information content (AvgIpc) is 2.69. The van der Waals surface area contributed by atoms with Gasteiger partial charge in [0.25, 0.3) is 0 Å². The minimum Gasteiger partial charge on any atom is -0.423 e. The highest BCUT2D eigenvalue weighted by Gasteiger charge is 2.29. The van der Waals surface area contributed by atoms with Crippen LogP contribution in [0.15, 0.2) is 33.5 Å². The summed E-state index contributed by atoms with van der Waals surface area (Å²) in [6.07, 6.45) is 0.495. The molecule has 20 heavy (non-hydrogen) atoms. The van der Waals surface area contributed by atoms with Gasteiger partial charge in [-0.25, -0.2) is 4.79 Å². The van der Waals surface area contributed by atoms with Crippen molar-refractivity contribution in [3.8, 4) is 0 Å². The number of amides is 2. The lowest BCUT2D eigenvalue weighted by Crippen LogP contribution is -2.28. The largest absolute Gasteiger partial charge is 0.423 e. The molecule has 102 valence electrons. The molecule has 5 nitrogen and oxygen atoms in total. The lowest BCUT2D eigenvalue weighted by Gasteiger charge is -2.14. The molecule has 5 heteroatoms. The second-order valence-corrected chi connectivity index (χ2v) is 4.96. The predicted octanol–water partition coefficient (Wildman–Crippen LogP) is 1.75. The zero-order valence-electron chi connectivity index (χ0n) is 11.0. The number of hydrogen-bond acceptors (Lipinski definition) is 4. The Kier molecular flexibility index (Phi) is 2.89. The van der Waals surface area contributed by atoms with Crippen LogP contribution in [0.2, 0.25) is 0 Å². The fourth-order valence-electron chi connectivity index (χ4n) is 2.44. The number of aryl methyl sites for hydroxylation is 1. The minimum atomic E-state index is -0.475. The summed E-state index contributed by atoms with van der Waals surface area (Å²) in [4.78, 5) is 36.1. The van der Waals surface area contributed by atoms with E-state index in [-0.39, 0.29) is 31.2 Å². The first-order chi connectivity index (χ1) is 9.54. The molecule has 1 fully saturated rings. The van der Waals surface area contributed by atoms with Crippen molar-refractivity contribution in [3.05, 3.63) is 45.8 Å². The summed E-state index contributed by atoms with van der Waals surface area (Å²) in [6, 6.07) is 6.86. The number of carbonyl (C=O) groups excluding carboxylic acids is 2. The summed E-state index contributed by atoms with van der Waals surface area (Å²) in [7, 11) is 0. The molecule has 3 rings (SSSR count). The van der Waals surface area contributed by atoms with Gasteiger partial charge in [-0.2, -0.15) is 0 Å². The van der Waals surface area contributed by atoms with Gasteiger partial charge < -0.3 is 4.42 Å². The molecule has 0 unspecified atom stereocenters. The van der Waals surface area contributed by atoms with Crippen molar-refractivity contribution in [3.63, 3.8) is 0 Å². The fraction of sp³-hybridized carbons (Fsp3) is 0.267. The molecule has 0 atom stereocenters. The van der Waals surface area contributed by atoms with Crippen LogP contribution in [0.5, 0.6) is 0 Å². The highest BCUT2D eigenvalue weighted by Crippen LogP contribution is 2.22. The van der Waals surface area contributed by atoms with Crippen LogP contribution in [0, 0.1) is 6.92 Å². The van der Waals surface area contributed by atoms with E-state index in [2.05, 4.69) is 0 Å². The molecule has 1 saturated heterocycles. The van der Waals surface area contributed by atoms with Gasteiger partial charge in [0.2, 0.25) is 11.8 Å². The average molecular weight is 271 g/mol. The van der Waals surface area contributed by atoms with Crippen molar-refractivity contribution < 1.29 is 14.0 Å². The highest BCUT2D eigenvalue weighted by molar-refractivity contribution is 6.02. The van der Waals surface area contributed by atoms with Crippen molar-refractivity contribution >= 4 is 22.8 Å². The summed E-state index contributed by atoms with van der Waals surface area (Å²) in [5.74, 6) is -0.382. The van der Waals surface area contributed by atoms with Crippen molar-refractivity contribution in [1.29, 1.82) is 0 Å². The maximum atomic E-state index is 11.7. The van der Waals surface area contributed by atoms with E-state index in [0.717, 1.165) is 10.9 Å². The molecule has 0 N–H and O–H groups in total. The van der Waals surface area contributed by atoms with Gasteiger partial charge in [0.1, 0.15) is 5.58 Å². The Labute approximate surface area is 114 Å². The van der Waals surface area contributed by atoms with Crippen molar-refractivity contribution in [2.75, 3.05) is 0 Å². The van der Waals surface area contributed by atoms with E-state index in [4.69, 9.17) is 4.42 Å². The van der Waals surface area contributed by atoms with Crippen molar-refractivity contribution in [2.24, 2.45) is 0 Å². The van der Waals surface area contributed by atoms with E-state index < -0.39 is 5.63 Å². The molecular weight excluding hydrogens is 258 g/mol. The van der Waals surface area contributed by atoms with Crippen LogP contribution in [-0.4, -0.2) is 16.7 Å². The van der Waals surface area contributed by atoms with E-state index >= 15 is 0 Å². The van der Waals surface area contributed by atoms with Crippen LogP contribution in [-0.2, 0) is 16.1 Å². The normalized spacial score (nSPS) is 15.3. The summed E-state index contributed by atoms with van der Waals surface area (Å²) < 4.78 is 5.16. The molecule has 2 amide bonds. The number of fused-ring (bicyclic) bond motifs is 1. The van der Waals surface area contributed by atoms with E-state index in [1.165, 1.54) is 11.0 Å². The molecule has 0 aliphatic carbocycles. The van der Waals surface area contributed by atoms with Gasteiger partial charge >= 0.3 is 5.63 Å². The molecule has 2 aromatic rings. The number of benzene rings is 1. The van der Waals surface area contributed by atoms with Gasteiger partial charge in [0, 0.05) is 24.3 Å². The molecule has 1 aromatic carbocycles. The van der Waals surface area contributed by atoms with Gasteiger partial charge in [0.05, 0.1) is 6.54 Å². The van der Waals surface area contributed by atoms with Gasteiger partial charge in [0.15, 0.2) is 0 Å². The molecule has 0 bridgehead atoms. The molecule has 2 heterocycles. The van der Waals surface area contributed by atoms with Gasteiger partial charge in [-0.1, -0.05) is 12.1 Å². The van der Waals surface area contributed by atoms with Gasteiger partial charge in [-0.15, -0.1) is 0 Å². The second kappa shape index (κ2) is 4.59. The van der Waals surface area contributed by atoms with Crippen LogP contribution < -0.4 is 5.63 Å². The molecule has 0 saturated carbocycles. The van der Waals surface area contributed by atoms with E-state index in [9.17, 15) is 14.4 Å². The Morgan fingerprint density at radius 3 is 2.50 bits per heavy atom. The maximum Gasteiger partial charge on any atom is 0.336 e. The third-order valence-corrected chi connectivity index (χ3v) is 3.47. The first-order valence-electron chi connectivity index (χ1n) is 6.41. The molecule has 1 aliphatic heterocycles. The van der Waals surface area contributed by atoms with E-state index in [0.29, 0.717) is 11.1 Å². The Morgan fingerprint density at radius 1 is 1.10 bits per heavy atom. The van der Waals surface area contributed by atoms with Crippen LogP contribution in [0.4, 0.5) is 0 Å². The summed E-state index contributed by atoms with van der Waals surface area (Å²) in [5.41, 5.74) is 1.62. The zero-order chi connectivity index (χ0) is 14.3. The second-order valence-electron chi connectivity index (χ2n) is 4.96. The predicted molar refractivity (Wildman–Crippen MR) is 72.0 cm³/mol. The Morgan fingerprint density at radius 2 is 1.80 bits per heavy atom. The molecule has 1 aromatic heterocycles. The number of hydrogen-bond donors (Lipinski definition) is 0. The maximum absolute atomic E-state index is 11.7. The number of likely N-dealkylation sites (tertiary alicyclic amines) is 1. The third kappa shape index (κ3) is 2.11. The molecule has 0 spiro atoms. The minimum absolute atomic E-state index is 0.128. The molecule has 1 aliphatic rings. The highest BCUT2D eigenvalue weighted by atomic mass is 16.4.